The summed E-state index contributed by atoms with van der Waals surface area (Å²) in [6, 6.07) is -0.382. The third kappa shape index (κ3) is 1.72. The van der Waals surface area contributed by atoms with Crippen LogP contribution in [0.25, 0.3) is 0 Å². The van der Waals surface area contributed by atoms with E-state index in [4.69, 9.17) is 0 Å². The number of nitrogens with zero attached hydrogens (tertiary/aromatic N) is 3. The average Bonchev–Trinajstić information content (AvgIpc) is 2.72. The van der Waals surface area contributed by atoms with Crippen molar-refractivity contribution in [3.8, 4) is 0 Å². The van der Waals surface area contributed by atoms with E-state index in [0.29, 0.717) is 18.7 Å². The van der Waals surface area contributed by atoms with E-state index in [2.05, 4.69) is 32.4 Å². The highest BCUT2D eigenvalue weighted by atomic mass is 16.2. The number of amides is 1. The molecule has 0 radical (unpaired) electrons. The first-order valence-corrected chi connectivity index (χ1v) is 5.33. The van der Waals surface area contributed by atoms with Gasteiger partial charge in [-0.1, -0.05) is 6.58 Å². The Hall–Kier alpha value is -2.08. The van der Waals surface area contributed by atoms with Crippen LogP contribution in [0.1, 0.15) is 5.56 Å². The molecule has 1 amide bonds. The molecule has 1 fully saturated rings. The molecule has 0 aliphatic carbocycles. The molecule has 2 N–H and O–H groups in total. The number of carbonyl (C=O) groups excluding carboxylic acids is 1. The van der Waals surface area contributed by atoms with Gasteiger partial charge in [-0.25, -0.2) is 0 Å². The standard InChI is InChI=1S/C11H11N5O/c1-6-3-12-10(11(17)15-6)8-2-7-4-13-14-5-9(7)16-8/h4-5,10,12H,1-3H2,(H,15,17). The van der Waals surface area contributed by atoms with E-state index in [1.807, 2.05) is 0 Å². The van der Waals surface area contributed by atoms with Gasteiger partial charge in [-0.3, -0.25) is 15.1 Å². The fraction of sp³-hybridized carbons (Fsp3) is 0.273. The zero-order valence-electron chi connectivity index (χ0n) is 9.10. The van der Waals surface area contributed by atoms with Crippen LogP contribution in [0, 0.1) is 0 Å². The summed E-state index contributed by atoms with van der Waals surface area (Å²) in [7, 11) is 0. The van der Waals surface area contributed by atoms with E-state index >= 15 is 0 Å². The molecule has 0 bridgehead atoms. The molecule has 0 spiro atoms. The average molecular weight is 229 g/mol. The van der Waals surface area contributed by atoms with Gasteiger partial charge in [0.05, 0.1) is 18.1 Å². The van der Waals surface area contributed by atoms with Gasteiger partial charge in [-0.05, 0) is 0 Å². The number of fused-ring (bicyclic) bond motifs is 1. The van der Waals surface area contributed by atoms with Crippen molar-refractivity contribution in [3.05, 3.63) is 30.2 Å². The molecule has 2 aliphatic rings. The van der Waals surface area contributed by atoms with Gasteiger partial charge in [0.1, 0.15) is 6.04 Å². The van der Waals surface area contributed by atoms with Gasteiger partial charge in [-0.2, -0.15) is 10.2 Å². The second-order valence-electron chi connectivity index (χ2n) is 4.09. The lowest BCUT2D eigenvalue weighted by molar-refractivity contribution is -0.121. The second kappa shape index (κ2) is 3.74. The van der Waals surface area contributed by atoms with E-state index in [1.165, 1.54) is 0 Å². The van der Waals surface area contributed by atoms with Gasteiger partial charge < -0.3 is 5.32 Å². The smallest absolute Gasteiger partial charge is 0.247 e. The van der Waals surface area contributed by atoms with Crippen LogP contribution in [-0.4, -0.2) is 34.4 Å². The Morgan fingerprint density at radius 3 is 2.94 bits per heavy atom. The molecule has 1 unspecified atom stereocenters. The normalized spacial score (nSPS) is 23.1. The van der Waals surface area contributed by atoms with Gasteiger partial charge in [0.25, 0.3) is 0 Å². The fourth-order valence-corrected chi connectivity index (χ4v) is 2.01. The minimum Gasteiger partial charge on any atom is -0.327 e. The van der Waals surface area contributed by atoms with Gasteiger partial charge in [0, 0.05) is 29.9 Å². The number of nitrogens with one attached hydrogen (secondary N) is 2. The predicted octanol–water partition coefficient (Wildman–Crippen LogP) is -0.293. The number of carbonyl (C=O) groups is 1. The Bertz CT molecular complexity index is 536. The highest BCUT2D eigenvalue weighted by Crippen LogP contribution is 2.25. The lowest BCUT2D eigenvalue weighted by Gasteiger charge is -2.24. The zero-order valence-corrected chi connectivity index (χ0v) is 9.10. The monoisotopic (exact) mass is 229 g/mol. The van der Waals surface area contributed by atoms with E-state index < -0.39 is 0 Å². The van der Waals surface area contributed by atoms with Crippen LogP contribution < -0.4 is 10.6 Å². The topological polar surface area (TPSA) is 79.3 Å². The molecule has 17 heavy (non-hydrogen) atoms. The van der Waals surface area contributed by atoms with Gasteiger partial charge in [-0.15, -0.1) is 0 Å². The molecular weight excluding hydrogens is 218 g/mol. The van der Waals surface area contributed by atoms with Crippen LogP contribution in [0.5, 0.6) is 0 Å². The van der Waals surface area contributed by atoms with Crippen molar-refractivity contribution in [3.63, 3.8) is 0 Å². The van der Waals surface area contributed by atoms with Crippen molar-refractivity contribution in [2.45, 2.75) is 12.5 Å². The van der Waals surface area contributed by atoms with Crippen LogP contribution in [0.15, 0.2) is 29.7 Å². The summed E-state index contributed by atoms with van der Waals surface area (Å²) < 4.78 is 0. The van der Waals surface area contributed by atoms with Crippen LogP contribution in [0.4, 0.5) is 5.69 Å². The molecule has 1 saturated heterocycles. The third-order valence-corrected chi connectivity index (χ3v) is 2.84. The quantitative estimate of drug-likeness (QED) is 0.693. The Morgan fingerprint density at radius 2 is 2.18 bits per heavy atom. The molecule has 1 atom stereocenters. The Kier molecular flexibility index (Phi) is 2.22. The summed E-state index contributed by atoms with van der Waals surface area (Å²) in [5.41, 5.74) is 3.30. The summed E-state index contributed by atoms with van der Waals surface area (Å²) >= 11 is 0. The minimum absolute atomic E-state index is 0.103. The first kappa shape index (κ1) is 10.1. The number of hydrogen-bond acceptors (Lipinski definition) is 5. The maximum atomic E-state index is 11.8. The molecule has 6 nitrogen and oxygen atoms in total. The largest absolute Gasteiger partial charge is 0.327 e. The fourth-order valence-electron chi connectivity index (χ4n) is 2.01. The van der Waals surface area contributed by atoms with Gasteiger partial charge >= 0.3 is 0 Å². The van der Waals surface area contributed by atoms with Crippen molar-refractivity contribution in [1.82, 2.24) is 20.8 Å². The van der Waals surface area contributed by atoms with E-state index in [9.17, 15) is 4.79 Å². The number of aliphatic imine (C=N–C) groups is 1. The first-order valence-electron chi connectivity index (χ1n) is 5.33. The molecule has 6 heteroatoms. The second-order valence-corrected chi connectivity index (χ2v) is 4.09. The van der Waals surface area contributed by atoms with Gasteiger partial charge in [0.2, 0.25) is 5.91 Å². The van der Waals surface area contributed by atoms with Crippen LogP contribution >= 0.6 is 0 Å². The molecule has 86 valence electrons. The van der Waals surface area contributed by atoms with Crippen molar-refractivity contribution < 1.29 is 4.79 Å². The van der Waals surface area contributed by atoms with Crippen LogP contribution in [-0.2, 0) is 11.2 Å². The minimum atomic E-state index is -0.382. The maximum Gasteiger partial charge on any atom is 0.247 e. The summed E-state index contributed by atoms with van der Waals surface area (Å²) in [5, 5.41) is 13.4. The Morgan fingerprint density at radius 1 is 1.35 bits per heavy atom. The number of aromatic nitrogens is 2. The third-order valence-electron chi connectivity index (χ3n) is 2.84. The maximum absolute atomic E-state index is 11.8. The van der Waals surface area contributed by atoms with Crippen LogP contribution in [0.2, 0.25) is 0 Å². The molecule has 2 aliphatic heterocycles. The number of piperazine rings is 1. The lowest BCUT2D eigenvalue weighted by atomic mass is 10.0. The highest BCUT2D eigenvalue weighted by molar-refractivity contribution is 6.12. The first-order chi connectivity index (χ1) is 8.24. The van der Waals surface area contributed by atoms with Gasteiger partial charge in [0.15, 0.2) is 0 Å². The van der Waals surface area contributed by atoms with Crippen LogP contribution in [0.3, 0.4) is 0 Å². The van der Waals surface area contributed by atoms with Crippen molar-refractivity contribution >= 4 is 17.3 Å². The van der Waals surface area contributed by atoms with E-state index in [1.54, 1.807) is 12.4 Å². The molecule has 3 heterocycles. The number of rotatable bonds is 1. The summed E-state index contributed by atoms with van der Waals surface area (Å²) in [5.74, 6) is -0.103. The molecule has 0 saturated carbocycles. The predicted molar refractivity (Wildman–Crippen MR) is 61.9 cm³/mol. The molecule has 1 aromatic heterocycles. The van der Waals surface area contributed by atoms with Crippen molar-refractivity contribution in [2.24, 2.45) is 4.99 Å². The number of hydrogen-bond donors (Lipinski definition) is 2. The Balaban J connectivity index is 1.84. The van der Waals surface area contributed by atoms with E-state index in [0.717, 1.165) is 17.0 Å². The lowest BCUT2D eigenvalue weighted by Crippen LogP contribution is -2.55. The van der Waals surface area contributed by atoms with Crippen molar-refractivity contribution in [1.29, 1.82) is 0 Å². The molecule has 1 aromatic rings. The molecule has 0 aromatic carbocycles. The summed E-state index contributed by atoms with van der Waals surface area (Å²) in [6.07, 6.45) is 3.94. The molecular formula is C11H11N5O. The van der Waals surface area contributed by atoms with Crippen molar-refractivity contribution in [2.75, 3.05) is 6.54 Å². The highest BCUT2D eigenvalue weighted by Gasteiger charge is 2.31. The zero-order chi connectivity index (χ0) is 11.8. The SMILES string of the molecule is C=C1CNC(C2=Nc3cnncc3C2)C(=O)N1. The summed E-state index contributed by atoms with van der Waals surface area (Å²) in [4.78, 5) is 16.2. The van der Waals surface area contributed by atoms with E-state index in [-0.39, 0.29) is 11.9 Å². The summed E-state index contributed by atoms with van der Waals surface area (Å²) in [6.45, 7) is 4.28. The molecule has 3 rings (SSSR count). The Labute approximate surface area is 97.8 Å².